The molecule has 1 fully saturated rings. The quantitative estimate of drug-likeness (QED) is 0.478. The van der Waals surface area contributed by atoms with Gasteiger partial charge in [0.05, 0.1) is 42.4 Å². The lowest BCUT2D eigenvalue weighted by Crippen LogP contribution is -2.37. The number of anilines is 1. The zero-order valence-electron chi connectivity index (χ0n) is 19.9. The van der Waals surface area contributed by atoms with Crippen LogP contribution in [0.4, 0.5) is 15.0 Å². The molecule has 2 amide bonds. The summed E-state index contributed by atoms with van der Waals surface area (Å²) in [6.45, 7) is 5.26. The minimum atomic E-state index is -1.16. The average molecular weight is 480 g/mol. The van der Waals surface area contributed by atoms with E-state index in [1.807, 2.05) is 13.1 Å². The Hall–Kier alpha value is -4.02. The molecule has 5 rings (SSSR count). The first kappa shape index (κ1) is 22.8. The van der Waals surface area contributed by atoms with Gasteiger partial charge in [0.2, 0.25) is 0 Å². The van der Waals surface area contributed by atoms with Gasteiger partial charge in [0, 0.05) is 30.6 Å². The number of rotatable bonds is 3. The fraction of sp³-hybridized carbons (Fsp3) is 0.375. The molecule has 0 radical (unpaired) electrons. The summed E-state index contributed by atoms with van der Waals surface area (Å²) < 4.78 is 23.2. The summed E-state index contributed by atoms with van der Waals surface area (Å²) in [6.07, 6.45) is 4.97. The Labute approximate surface area is 200 Å². The lowest BCUT2D eigenvalue weighted by molar-refractivity contribution is 0.0214. The Balaban J connectivity index is 1.36. The van der Waals surface area contributed by atoms with E-state index in [1.165, 1.54) is 11.1 Å². The minimum absolute atomic E-state index is 0.0473. The maximum absolute atomic E-state index is 14.3. The highest BCUT2D eigenvalue weighted by molar-refractivity contribution is 6.05. The highest BCUT2D eigenvalue weighted by Gasteiger charge is 2.39. The minimum Gasteiger partial charge on any atom is -0.444 e. The smallest absolute Gasteiger partial charge is 0.410 e. The van der Waals surface area contributed by atoms with Crippen molar-refractivity contribution < 1.29 is 18.7 Å². The van der Waals surface area contributed by atoms with Crippen molar-refractivity contribution in [1.82, 2.24) is 29.0 Å². The molecule has 4 aromatic rings. The standard InChI is InChI=1S/C24H26FN7O3/c1-24(2,3)35-23(34)32-11-16(25)8-19(32)17-12-31-13-20(26-10-21(31)28-17)29-22(33)14-5-6-18-15(7-14)9-27-30(18)4/h5-7,9-10,12-13,16,19H,8,11H2,1-4H3,(H,29,33)/t16-,19+/m0/s1. The van der Waals surface area contributed by atoms with E-state index >= 15 is 0 Å². The summed E-state index contributed by atoms with van der Waals surface area (Å²) in [5.74, 6) is 0.0200. The van der Waals surface area contributed by atoms with Crippen LogP contribution in [0.3, 0.4) is 0 Å². The van der Waals surface area contributed by atoms with E-state index in [0.717, 1.165) is 10.9 Å². The largest absolute Gasteiger partial charge is 0.444 e. The summed E-state index contributed by atoms with van der Waals surface area (Å²) in [7, 11) is 1.84. The first-order valence-electron chi connectivity index (χ1n) is 11.3. The number of nitrogens with one attached hydrogen (secondary N) is 1. The van der Waals surface area contributed by atoms with Crippen LogP contribution in [-0.2, 0) is 11.8 Å². The summed E-state index contributed by atoms with van der Waals surface area (Å²) in [6, 6.07) is 4.78. The van der Waals surface area contributed by atoms with Crippen molar-refractivity contribution in [2.24, 2.45) is 7.05 Å². The van der Waals surface area contributed by atoms with Crippen molar-refractivity contribution in [1.29, 1.82) is 0 Å². The average Bonchev–Trinajstić information content (AvgIpc) is 3.48. The number of carbonyl (C=O) groups excluding carboxylic acids is 2. The first-order valence-corrected chi connectivity index (χ1v) is 11.3. The van der Waals surface area contributed by atoms with Gasteiger partial charge < -0.3 is 14.5 Å². The third-order valence-corrected chi connectivity index (χ3v) is 5.83. The van der Waals surface area contributed by atoms with Gasteiger partial charge in [-0.15, -0.1) is 0 Å². The van der Waals surface area contributed by atoms with E-state index in [9.17, 15) is 14.0 Å². The molecule has 0 spiro atoms. The van der Waals surface area contributed by atoms with Gasteiger partial charge in [-0.2, -0.15) is 5.10 Å². The zero-order chi connectivity index (χ0) is 24.9. The van der Waals surface area contributed by atoms with Crippen LogP contribution in [0.5, 0.6) is 0 Å². The predicted octanol–water partition coefficient (Wildman–Crippen LogP) is 3.89. The molecule has 182 valence electrons. The third-order valence-electron chi connectivity index (χ3n) is 5.83. The van der Waals surface area contributed by atoms with Gasteiger partial charge in [-0.3, -0.25) is 14.4 Å². The van der Waals surface area contributed by atoms with Gasteiger partial charge >= 0.3 is 6.09 Å². The Morgan fingerprint density at radius 2 is 2.00 bits per heavy atom. The number of benzene rings is 1. The fourth-order valence-electron chi connectivity index (χ4n) is 4.22. The van der Waals surface area contributed by atoms with Crippen LogP contribution in [0.25, 0.3) is 16.6 Å². The number of halogens is 1. The zero-order valence-corrected chi connectivity index (χ0v) is 19.9. The Morgan fingerprint density at radius 1 is 1.20 bits per heavy atom. The monoisotopic (exact) mass is 479 g/mol. The van der Waals surface area contributed by atoms with Gasteiger partial charge in [-0.1, -0.05) is 0 Å². The Kier molecular flexibility index (Phi) is 5.42. The molecular formula is C24H26FN7O3. The van der Waals surface area contributed by atoms with Crippen LogP contribution < -0.4 is 5.32 Å². The number of alkyl halides is 1. The van der Waals surface area contributed by atoms with Crippen LogP contribution >= 0.6 is 0 Å². The maximum atomic E-state index is 14.3. The second kappa shape index (κ2) is 8.33. The lowest BCUT2D eigenvalue weighted by Gasteiger charge is -2.27. The van der Waals surface area contributed by atoms with E-state index in [2.05, 4.69) is 20.4 Å². The number of amides is 2. The number of hydrogen-bond acceptors (Lipinski definition) is 6. The molecule has 1 N–H and O–H groups in total. The number of fused-ring (bicyclic) bond motifs is 2. The molecule has 1 aliphatic rings. The van der Waals surface area contributed by atoms with Crippen LogP contribution in [0, 0.1) is 0 Å². The van der Waals surface area contributed by atoms with Gasteiger partial charge in [0.15, 0.2) is 5.65 Å². The molecule has 2 atom stereocenters. The molecule has 1 aromatic carbocycles. The third kappa shape index (κ3) is 4.53. The normalized spacial score (nSPS) is 18.4. The first-order chi connectivity index (χ1) is 16.6. The summed E-state index contributed by atoms with van der Waals surface area (Å²) in [5.41, 5.74) is 1.76. The van der Waals surface area contributed by atoms with Crippen LogP contribution in [0.2, 0.25) is 0 Å². The van der Waals surface area contributed by atoms with E-state index in [-0.39, 0.29) is 18.9 Å². The highest BCUT2D eigenvalue weighted by Crippen LogP contribution is 2.34. The van der Waals surface area contributed by atoms with Crippen LogP contribution in [-0.4, -0.2) is 59.4 Å². The number of carbonyl (C=O) groups is 2. The molecule has 0 bridgehead atoms. The molecule has 10 nitrogen and oxygen atoms in total. The van der Waals surface area contributed by atoms with Gasteiger partial charge in [0.25, 0.3) is 5.91 Å². The number of hydrogen-bond donors (Lipinski definition) is 1. The molecule has 4 heterocycles. The Morgan fingerprint density at radius 3 is 2.77 bits per heavy atom. The summed E-state index contributed by atoms with van der Waals surface area (Å²) in [5, 5.41) is 7.85. The van der Waals surface area contributed by atoms with E-state index in [4.69, 9.17) is 4.74 Å². The topological polar surface area (TPSA) is 107 Å². The molecule has 3 aromatic heterocycles. The van der Waals surface area contributed by atoms with E-state index in [1.54, 1.807) is 60.6 Å². The van der Waals surface area contributed by atoms with Crippen molar-refractivity contribution in [2.45, 2.75) is 45.0 Å². The number of likely N-dealkylation sites (tertiary alicyclic amines) is 1. The van der Waals surface area contributed by atoms with Gasteiger partial charge in [-0.25, -0.2) is 19.2 Å². The number of ether oxygens (including phenoxy) is 1. The second-order valence-corrected chi connectivity index (χ2v) is 9.68. The molecule has 35 heavy (non-hydrogen) atoms. The molecule has 0 saturated carbocycles. The van der Waals surface area contributed by atoms with E-state index < -0.39 is 23.9 Å². The molecule has 1 aliphatic heterocycles. The number of nitrogens with zero attached hydrogens (tertiary/aromatic N) is 6. The van der Waals surface area contributed by atoms with Crippen molar-refractivity contribution in [3.63, 3.8) is 0 Å². The van der Waals surface area contributed by atoms with Gasteiger partial charge in [-0.05, 0) is 39.0 Å². The molecular weight excluding hydrogens is 453 g/mol. The fourth-order valence-corrected chi connectivity index (χ4v) is 4.22. The van der Waals surface area contributed by atoms with Gasteiger partial charge in [0.1, 0.15) is 17.6 Å². The summed E-state index contributed by atoms with van der Waals surface area (Å²) in [4.78, 5) is 35.6. The second-order valence-electron chi connectivity index (χ2n) is 9.68. The Bertz CT molecular complexity index is 1440. The highest BCUT2D eigenvalue weighted by atomic mass is 19.1. The summed E-state index contributed by atoms with van der Waals surface area (Å²) >= 11 is 0. The van der Waals surface area contributed by atoms with Crippen LogP contribution in [0.1, 0.15) is 49.3 Å². The van der Waals surface area contributed by atoms with Crippen LogP contribution in [0.15, 0.2) is 43.0 Å². The SMILES string of the molecule is Cn1ncc2cc(C(=O)Nc3cn4cc([C@H]5C[C@H](F)CN5C(=O)OC(C)(C)C)nc4cn3)ccc21. The number of imidazole rings is 1. The molecule has 0 unspecified atom stereocenters. The lowest BCUT2D eigenvalue weighted by atomic mass is 10.1. The van der Waals surface area contributed by atoms with E-state index in [0.29, 0.717) is 22.7 Å². The van der Waals surface area contributed by atoms with Crippen molar-refractivity contribution in [2.75, 3.05) is 11.9 Å². The molecule has 11 heteroatoms. The molecule has 0 aliphatic carbocycles. The predicted molar refractivity (Wildman–Crippen MR) is 127 cm³/mol. The van der Waals surface area contributed by atoms with Crippen molar-refractivity contribution >= 4 is 34.4 Å². The van der Waals surface area contributed by atoms with Crippen molar-refractivity contribution in [3.8, 4) is 0 Å². The molecule has 1 saturated heterocycles. The number of aromatic nitrogens is 5. The van der Waals surface area contributed by atoms with Crippen molar-refractivity contribution in [3.05, 3.63) is 54.2 Å². The maximum Gasteiger partial charge on any atom is 0.410 e. The number of aryl methyl sites for hydroxylation is 1.